The Morgan fingerprint density at radius 1 is 1.05 bits per heavy atom. The van der Waals surface area contributed by atoms with Crippen LogP contribution < -0.4 is 5.73 Å². The molecule has 100 valence electrons. The first kappa shape index (κ1) is 12.6. The van der Waals surface area contributed by atoms with Crippen LogP contribution in [0.3, 0.4) is 0 Å². The summed E-state index contributed by atoms with van der Waals surface area (Å²) in [6, 6.07) is 10.8. The lowest BCUT2D eigenvalue weighted by Crippen LogP contribution is -2.21. The number of hydrogen-bond donors (Lipinski definition) is 1. The molecule has 0 amide bonds. The van der Waals surface area contributed by atoms with Crippen molar-refractivity contribution in [3.63, 3.8) is 0 Å². The van der Waals surface area contributed by atoms with Gasteiger partial charge in [-0.3, -0.25) is 4.98 Å². The van der Waals surface area contributed by atoms with Crippen LogP contribution in [0.5, 0.6) is 0 Å². The third-order valence-corrected chi connectivity index (χ3v) is 4.54. The predicted octanol–water partition coefficient (Wildman–Crippen LogP) is 3.86. The van der Waals surface area contributed by atoms with Crippen LogP contribution in [-0.2, 0) is 0 Å². The van der Waals surface area contributed by atoms with E-state index in [2.05, 4.69) is 29.2 Å². The van der Waals surface area contributed by atoms with Crippen LogP contribution in [0.2, 0.25) is 0 Å². The second-order valence-electron chi connectivity index (χ2n) is 5.66. The second-order valence-corrected chi connectivity index (χ2v) is 5.66. The van der Waals surface area contributed by atoms with Gasteiger partial charge in [-0.15, -0.1) is 0 Å². The van der Waals surface area contributed by atoms with Crippen LogP contribution in [0.25, 0.3) is 10.9 Å². The third-order valence-electron chi connectivity index (χ3n) is 4.54. The van der Waals surface area contributed by atoms with Gasteiger partial charge in [-0.25, -0.2) is 0 Å². The van der Waals surface area contributed by atoms with E-state index in [0.29, 0.717) is 11.8 Å². The fourth-order valence-electron chi connectivity index (χ4n) is 3.53. The van der Waals surface area contributed by atoms with Crippen molar-refractivity contribution in [2.24, 2.45) is 11.7 Å². The first-order chi connectivity index (χ1) is 9.40. The van der Waals surface area contributed by atoms with Crippen molar-refractivity contribution in [2.75, 3.05) is 6.54 Å². The molecule has 2 heteroatoms. The van der Waals surface area contributed by atoms with Gasteiger partial charge in [-0.05, 0) is 48.9 Å². The summed E-state index contributed by atoms with van der Waals surface area (Å²) in [5, 5.41) is 1.32. The molecule has 1 fully saturated rings. The van der Waals surface area contributed by atoms with Crippen LogP contribution in [0.1, 0.15) is 43.6 Å². The average Bonchev–Trinajstić information content (AvgIpc) is 2.71. The van der Waals surface area contributed by atoms with Gasteiger partial charge in [0.2, 0.25) is 0 Å². The smallest absolute Gasteiger partial charge is 0.0704 e. The SMILES string of the molecule is NCC1CCCCCC1c1cccc2ncccc12. The summed E-state index contributed by atoms with van der Waals surface area (Å²) < 4.78 is 0. The molecule has 19 heavy (non-hydrogen) atoms. The Kier molecular flexibility index (Phi) is 3.79. The minimum Gasteiger partial charge on any atom is -0.330 e. The average molecular weight is 254 g/mol. The fourth-order valence-corrected chi connectivity index (χ4v) is 3.53. The molecule has 0 spiro atoms. The van der Waals surface area contributed by atoms with Gasteiger partial charge in [-0.2, -0.15) is 0 Å². The van der Waals surface area contributed by atoms with Crippen LogP contribution in [0.15, 0.2) is 36.5 Å². The van der Waals surface area contributed by atoms with Gasteiger partial charge < -0.3 is 5.73 Å². The summed E-state index contributed by atoms with van der Waals surface area (Å²) in [5.41, 5.74) is 8.60. The Labute approximate surface area is 115 Å². The van der Waals surface area contributed by atoms with Gasteiger partial charge in [0.1, 0.15) is 0 Å². The van der Waals surface area contributed by atoms with Gasteiger partial charge in [-0.1, -0.05) is 37.5 Å². The molecular weight excluding hydrogens is 232 g/mol. The number of nitrogens with zero attached hydrogens (tertiary/aromatic N) is 1. The number of pyridine rings is 1. The van der Waals surface area contributed by atoms with Crippen molar-refractivity contribution in [1.29, 1.82) is 0 Å². The Morgan fingerprint density at radius 2 is 1.95 bits per heavy atom. The monoisotopic (exact) mass is 254 g/mol. The fraction of sp³-hybridized carbons (Fsp3) is 0.471. The van der Waals surface area contributed by atoms with Gasteiger partial charge in [0, 0.05) is 11.6 Å². The highest BCUT2D eigenvalue weighted by Gasteiger charge is 2.25. The van der Waals surface area contributed by atoms with E-state index in [1.54, 1.807) is 0 Å². The zero-order valence-corrected chi connectivity index (χ0v) is 11.4. The predicted molar refractivity (Wildman–Crippen MR) is 80.1 cm³/mol. The minimum atomic E-state index is 0.611. The summed E-state index contributed by atoms with van der Waals surface area (Å²) in [4.78, 5) is 4.48. The molecule has 2 atom stereocenters. The molecule has 2 N–H and O–H groups in total. The van der Waals surface area contributed by atoms with Crippen LogP contribution in [0.4, 0.5) is 0 Å². The molecule has 1 aliphatic rings. The number of benzene rings is 1. The molecule has 1 aromatic carbocycles. The molecule has 0 saturated heterocycles. The van der Waals surface area contributed by atoms with Crippen LogP contribution >= 0.6 is 0 Å². The van der Waals surface area contributed by atoms with Crippen LogP contribution in [0, 0.1) is 5.92 Å². The van der Waals surface area contributed by atoms with E-state index >= 15 is 0 Å². The highest BCUT2D eigenvalue weighted by molar-refractivity contribution is 5.82. The summed E-state index contributed by atoms with van der Waals surface area (Å²) in [7, 11) is 0. The molecule has 1 saturated carbocycles. The number of aromatic nitrogens is 1. The van der Waals surface area contributed by atoms with Gasteiger partial charge in [0.25, 0.3) is 0 Å². The lowest BCUT2D eigenvalue weighted by molar-refractivity contribution is 0.410. The normalized spacial score (nSPS) is 24.3. The van der Waals surface area contributed by atoms with Crippen molar-refractivity contribution < 1.29 is 0 Å². The maximum atomic E-state index is 6.03. The first-order valence-corrected chi connectivity index (χ1v) is 7.44. The Balaban J connectivity index is 2.06. The van der Waals surface area contributed by atoms with Gasteiger partial charge in [0.05, 0.1) is 5.52 Å². The van der Waals surface area contributed by atoms with Crippen molar-refractivity contribution in [3.8, 4) is 0 Å². The maximum absolute atomic E-state index is 6.03. The van der Waals surface area contributed by atoms with E-state index in [0.717, 1.165) is 12.1 Å². The number of rotatable bonds is 2. The van der Waals surface area contributed by atoms with E-state index in [9.17, 15) is 0 Å². The highest BCUT2D eigenvalue weighted by atomic mass is 14.6. The quantitative estimate of drug-likeness (QED) is 0.827. The van der Waals surface area contributed by atoms with Crippen molar-refractivity contribution in [2.45, 2.75) is 38.0 Å². The standard InChI is InChI=1S/C17H22N2/c18-12-13-6-2-1-3-7-14(13)15-8-4-10-17-16(15)9-5-11-19-17/h4-5,8-11,13-14H,1-3,6-7,12,18H2. The number of nitrogens with two attached hydrogens (primary N) is 1. The first-order valence-electron chi connectivity index (χ1n) is 7.44. The molecule has 2 unspecified atom stereocenters. The number of hydrogen-bond acceptors (Lipinski definition) is 2. The third kappa shape index (κ3) is 2.50. The molecule has 0 radical (unpaired) electrons. The Hall–Kier alpha value is -1.41. The van der Waals surface area contributed by atoms with E-state index in [1.807, 2.05) is 12.3 Å². The summed E-state index contributed by atoms with van der Waals surface area (Å²) in [6.45, 7) is 0.807. The molecule has 0 bridgehead atoms. The van der Waals surface area contributed by atoms with Gasteiger partial charge in [0.15, 0.2) is 0 Å². The molecule has 1 aromatic heterocycles. The Morgan fingerprint density at radius 3 is 2.84 bits per heavy atom. The molecule has 2 aromatic rings. The van der Waals surface area contributed by atoms with Crippen LogP contribution in [-0.4, -0.2) is 11.5 Å². The van der Waals surface area contributed by atoms with Crippen molar-refractivity contribution in [1.82, 2.24) is 4.98 Å². The van der Waals surface area contributed by atoms with Crippen molar-refractivity contribution in [3.05, 3.63) is 42.1 Å². The summed E-state index contributed by atoms with van der Waals surface area (Å²) >= 11 is 0. The molecule has 2 nitrogen and oxygen atoms in total. The molecule has 1 aliphatic carbocycles. The van der Waals surface area contributed by atoms with Gasteiger partial charge >= 0.3 is 0 Å². The minimum absolute atomic E-state index is 0.611. The van der Waals surface area contributed by atoms with E-state index in [1.165, 1.54) is 43.1 Å². The van der Waals surface area contributed by atoms with E-state index in [4.69, 9.17) is 5.73 Å². The van der Waals surface area contributed by atoms with E-state index in [-0.39, 0.29) is 0 Å². The lowest BCUT2D eigenvalue weighted by Gasteiger charge is -2.25. The largest absolute Gasteiger partial charge is 0.330 e. The molecule has 1 heterocycles. The molecule has 3 rings (SSSR count). The number of fused-ring (bicyclic) bond motifs is 1. The highest BCUT2D eigenvalue weighted by Crippen LogP contribution is 2.38. The topological polar surface area (TPSA) is 38.9 Å². The maximum Gasteiger partial charge on any atom is 0.0704 e. The lowest BCUT2D eigenvalue weighted by atomic mass is 9.81. The molecule has 0 aliphatic heterocycles. The van der Waals surface area contributed by atoms with E-state index < -0.39 is 0 Å². The summed E-state index contributed by atoms with van der Waals surface area (Å²) in [5.74, 6) is 1.24. The Bertz CT molecular complexity index is 544. The zero-order chi connectivity index (χ0) is 13.1. The summed E-state index contributed by atoms with van der Waals surface area (Å²) in [6.07, 6.45) is 8.45. The molecular formula is C17H22N2. The van der Waals surface area contributed by atoms with Crippen molar-refractivity contribution >= 4 is 10.9 Å². The zero-order valence-electron chi connectivity index (χ0n) is 11.4. The second kappa shape index (κ2) is 5.70.